The van der Waals surface area contributed by atoms with Gasteiger partial charge in [0.1, 0.15) is 20.0 Å². The topological polar surface area (TPSA) is 80.5 Å². The number of aromatic nitrogens is 1. The lowest BCUT2D eigenvalue weighted by molar-refractivity contribution is 1.08. The summed E-state index contributed by atoms with van der Waals surface area (Å²) in [6.45, 7) is 0. The number of rotatable bonds is 2. The number of hydrogen-bond acceptors (Lipinski definition) is 4. The summed E-state index contributed by atoms with van der Waals surface area (Å²) in [6.07, 6.45) is 2.75. The molecule has 2 radical (unpaired) electrons. The third-order valence-electron chi connectivity index (χ3n) is 1.23. The van der Waals surface area contributed by atoms with E-state index >= 15 is 0 Å². The first-order valence-electron chi connectivity index (χ1n) is 3.23. The van der Waals surface area contributed by atoms with Gasteiger partial charge in [0.2, 0.25) is 0 Å². The van der Waals surface area contributed by atoms with Crippen LogP contribution in [-0.4, -0.2) is 19.2 Å². The van der Waals surface area contributed by atoms with Gasteiger partial charge in [-0.05, 0) is 6.07 Å². The number of hydrazone groups is 1. The normalized spacial score (nSPS) is 10.4. The summed E-state index contributed by atoms with van der Waals surface area (Å²) >= 11 is 0. The zero-order chi connectivity index (χ0) is 8.97. The van der Waals surface area contributed by atoms with E-state index < -0.39 is 0 Å². The zero-order valence-electron chi connectivity index (χ0n) is 6.38. The van der Waals surface area contributed by atoms with Gasteiger partial charge in [-0.25, -0.2) is 15.8 Å². The highest BCUT2D eigenvalue weighted by atomic mass is 15.4. The van der Waals surface area contributed by atoms with Crippen molar-refractivity contribution in [1.29, 1.82) is 0 Å². The van der Waals surface area contributed by atoms with Crippen molar-refractivity contribution in [2.24, 2.45) is 16.8 Å². The number of nitrogens with zero attached hydrogens (tertiary/aromatic N) is 3. The number of hydrogen-bond donors (Lipinski definition) is 2. The lowest BCUT2D eigenvalue weighted by Crippen LogP contribution is -2.30. The molecular weight excluding hydrogens is 153 g/mol. The molecule has 12 heavy (non-hydrogen) atoms. The van der Waals surface area contributed by atoms with Gasteiger partial charge in [0.15, 0.2) is 0 Å². The Morgan fingerprint density at radius 1 is 1.58 bits per heavy atom. The van der Waals surface area contributed by atoms with Crippen molar-refractivity contribution in [3.63, 3.8) is 0 Å². The fraction of sp³-hybridized carbons (Fsp3) is 0. The molecule has 0 saturated heterocycles. The fourth-order valence-electron chi connectivity index (χ4n) is 0.681. The van der Waals surface area contributed by atoms with E-state index in [0.717, 1.165) is 0 Å². The summed E-state index contributed by atoms with van der Waals surface area (Å²) in [7, 11) is 5.42. The molecule has 0 saturated carbocycles. The summed E-state index contributed by atoms with van der Waals surface area (Å²) in [5.74, 6) is 10.9. The van der Waals surface area contributed by atoms with Crippen LogP contribution in [0.4, 0.5) is 5.82 Å². The van der Waals surface area contributed by atoms with E-state index in [4.69, 9.17) is 19.5 Å². The average molecular weight is 161 g/mol. The van der Waals surface area contributed by atoms with E-state index in [1.54, 1.807) is 12.1 Å². The monoisotopic (exact) mass is 161 g/mol. The molecule has 0 amide bonds. The van der Waals surface area contributed by atoms with Crippen LogP contribution in [-0.2, 0) is 0 Å². The third kappa shape index (κ3) is 1.96. The Labute approximate surface area is 71.4 Å². The minimum atomic E-state index is 0.526. The molecule has 1 aromatic rings. The molecule has 0 unspecified atom stereocenters. The number of nitrogens with two attached hydrogens (primary N) is 2. The Morgan fingerprint density at radius 3 is 2.83 bits per heavy atom. The summed E-state index contributed by atoms with van der Waals surface area (Å²) < 4.78 is 0. The standard InChI is InChI=1S/C6H8BN5/c7-5-1-2-6(10-3-5)12(9)4-11-8/h1-4H,8-9H2/b11-4-. The highest BCUT2D eigenvalue weighted by molar-refractivity contribution is 6.32. The largest absolute Gasteiger partial charge is 0.322 e. The molecular formula is C6H8BN5. The number of pyridine rings is 1. The first-order chi connectivity index (χ1) is 5.74. The molecule has 0 aromatic carbocycles. The minimum absolute atomic E-state index is 0.526. The van der Waals surface area contributed by atoms with Gasteiger partial charge in [0, 0.05) is 6.20 Å². The highest BCUT2D eigenvalue weighted by Gasteiger charge is 1.97. The number of anilines is 1. The van der Waals surface area contributed by atoms with Gasteiger partial charge < -0.3 is 5.84 Å². The molecule has 1 aromatic heterocycles. The van der Waals surface area contributed by atoms with E-state index in [2.05, 4.69) is 10.1 Å². The van der Waals surface area contributed by atoms with Crippen LogP contribution in [0.3, 0.4) is 0 Å². The van der Waals surface area contributed by atoms with Gasteiger partial charge in [-0.1, -0.05) is 11.5 Å². The van der Waals surface area contributed by atoms with Crippen molar-refractivity contribution in [2.75, 3.05) is 5.01 Å². The molecule has 0 aliphatic heterocycles. The van der Waals surface area contributed by atoms with Gasteiger partial charge in [0.05, 0.1) is 0 Å². The molecule has 1 heterocycles. The SMILES string of the molecule is [B]c1ccc(N(N)/C=N\N)nc1. The Kier molecular flexibility index (Phi) is 2.65. The van der Waals surface area contributed by atoms with E-state index in [-0.39, 0.29) is 0 Å². The molecule has 0 aliphatic carbocycles. The van der Waals surface area contributed by atoms with Gasteiger partial charge in [-0.3, -0.25) is 0 Å². The second-order valence-corrected chi connectivity index (χ2v) is 2.12. The van der Waals surface area contributed by atoms with Crippen LogP contribution in [0.15, 0.2) is 23.4 Å². The van der Waals surface area contributed by atoms with Gasteiger partial charge in [-0.2, -0.15) is 5.10 Å². The summed E-state index contributed by atoms with van der Waals surface area (Å²) in [6, 6.07) is 3.35. The first kappa shape index (κ1) is 8.54. The zero-order valence-corrected chi connectivity index (χ0v) is 6.38. The fourth-order valence-corrected chi connectivity index (χ4v) is 0.681. The van der Waals surface area contributed by atoms with Crippen LogP contribution in [0.2, 0.25) is 0 Å². The average Bonchev–Trinajstić information content (AvgIpc) is 2.06. The van der Waals surface area contributed by atoms with Crippen LogP contribution in [0.25, 0.3) is 0 Å². The molecule has 60 valence electrons. The highest BCUT2D eigenvalue weighted by Crippen LogP contribution is 2.00. The number of hydrazine groups is 1. The van der Waals surface area contributed by atoms with Crippen LogP contribution in [0.1, 0.15) is 0 Å². The van der Waals surface area contributed by atoms with Crippen LogP contribution < -0.4 is 22.2 Å². The smallest absolute Gasteiger partial charge is 0.148 e. The molecule has 4 N–H and O–H groups in total. The van der Waals surface area contributed by atoms with Crippen molar-refractivity contribution in [1.82, 2.24) is 4.98 Å². The van der Waals surface area contributed by atoms with Crippen LogP contribution >= 0.6 is 0 Å². The molecule has 0 atom stereocenters. The van der Waals surface area contributed by atoms with Gasteiger partial charge in [0.25, 0.3) is 0 Å². The first-order valence-corrected chi connectivity index (χ1v) is 3.23. The van der Waals surface area contributed by atoms with E-state index in [9.17, 15) is 0 Å². The Morgan fingerprint density at radius 2 is 2.33 bits per heavy atom. The Hall–Kier alpha value is -1.56. The predicted octanol–water partition coefficient (Wildman–Crippen LogP) is -1.54. The minimum Gasteiger partial charge on any atom is -0.322 e. The molecule has 6 heteroatoms. The van der Waals surface area contributed by atoms with Crippen molar-refractivity contribution in [2.45, 2.75) is 0 Å². The molecule has 0 fully saturated rings. The molecule has 1 rings (SSSR count). The van der Waals surface area contributed by atoms with Crippen molar-refractivity contribution >= 4 is 25.5 Å². The lowest BCUT2D eigenvalue weighted by atomic mass is 9.99. The van der Waals surface area contributed by atoms with Gasteiger partial charge >= 0.3 is 0 Å². The quantitative estimate of drug-likeness (QED) is 0.181. The van der Waals surface area contributed by atoms with Crippen LogP contribution in [0, 0.1) is 0 Å². The van der Waals surface area contributed by atoms with Crippen molar-refractivity contribution in [3.8, 4) is 0 Å². The summed E-state index contributed by atoms with van der Waals surface area (Å²) in [4.78, 5) is 3.93. The molecule has 0 aliphatic rings. The lowest BCUT2D eigenvalue weighted by Gasteiger charge is -2.09. The summed E-state index contributed by atoms with van der Waals surface area (Å²) in [5.41, 5.74) is 0.580. The van der Waals surface area contributed by atoms with Crippen molar-refractivity contribution in [3.05, 3.63) is 18.3 Å². The second-order valence-electron chi connectivity index (χ2n) is 2.12. The maximum absolute atomic E-state index is 5.46. The Bertz CT molecular complexity index is 270. The van der Waals surface area contributed by atoms with Crippen molar-refractivity contribution < 1.29 is 0 Å². The maximum Gasteiger partial charge on any atom is 0.148 e. The molecule has 5 nitrogen and oxygen atoms in total. The van der Waals surface area contributed by atoms with E-state index in [0.29, 0.717) is 11.3 Å². The van der Waals surface area contributed by atoms with Crippen LogP contribution in [0.5, 0.6) is 0 Å². The molecule has 0 bridgehead atoms. The third-order valence-corrected chi connectivity index (χ3v) is 1.23. The van der Waals surface area contributed by atoms with E-state index in [1.165, 1.54) is 17.5 Å². The second kappa shape index (κ2) is 3.73. The molecule has 0 spiro atoms. The Balaban J connectivity index is 2.82. The van der Waals surface area contributed by atoms with E-state index in [1.807, 2.05) is 0 Å². The maximum atomic E-state index is 5.46. The summed E-state index contributed by atoms with van der Waals surface area (Å²) in [5, 5.41) is 4.43. The van der Waals surface area contributed by atoms with Gasteiger partial charge in [-0.15, -0.1) is 0 Å². The predicted molar refractivity (Wildman–Crippen MR) is 49.0 cm³/mol.